The van der Waals surface area contributed by atoms with E-state index in [4.69, 9.17) is 4.98 Å². The number of fused-ring (bicyclic) bond motifs is 6. The van der Waals surface area contributed by atoms with E-state index in [0.29, 0.717) is 0 Å². The molecule has 8 aromatic rings. The Labute approximate surface area is 234 Å². The Hall–Kier alpha value is -4.31. The molecule has 0 amide bonds. The molecule has 0 unspecified atom stereocenters. The van der Waals surface area contributed by atoms with Crippen LogP contribution in [-0.4, -0.2) is 4.98 Å². The third kappa shape index (κ3) is 3.62. The molecule has 0 fully saturated rings. The number of thiophene rings is 2. The lowest BCUT2D eigenvalue weighted by Gasteiger charge is -2.09. The first kappa shape index (κ1) is 22.7. The second kappa shape index (κ2) is 8.88. The van der Waals surface area contributed by atoms with Gasteiger partial charge >= 0.3 is 0 Å². The van der Waals surface area contributed by atoms with Crippen LogP contribution in [0.4, 0.5) is 0 Å². The molecule has 0 saturated carbocycles. The summed E-state index contributed by atoms with van der Waals surface area (Å²) in [6.45, 7) is 2.18. The summed E-state index contributed by atoms with van der Waals surface area (Å²) in [5.74, 6) is 0. The van der Waals surface area contributed by atoms with Crippen molar-refractivity contribution in [1.82, 2.24) is 4.98 Å². The van der Waals surface area contributed by atoms with Gasteiger partial charge < -0.3 is 0 Å². The minimum absolute atomic E-state index is 1.03. The molecule has 3 heterocycles. The highest BCUT2D eigenvalue weighted by Gasteiger charge is 2.15. The van der Waals surface area contributed by atoms with Gasteiger partial charge in [-0.25, -0.2) is 0 Å². The van der Waals surface area contributed by atoms with Gasteiger partial charge in [0.1, 0.15) is 0 Å². The molecule has 3 aromatic heterocycles. The van der Waals surface area contributed by atoms with E-state index in [1.54, 1.807) is 0 Å². The smallest absolute Gasteiger partial charge is 0.0719 e. The molecular weight excluding hydrogens is 511 g/mol. The van der Waals surface area contributed by atoms with E-state index in [1.165, 1.54) is 73.7 Å². The maximum Gasteiger partial charge on any atom is 0.0719 e. The third-order valence-electron chi connectivity index (χ3n) is 7.69. The summed E-state index contributed by atoms with van der Waals surface area (Å²) in [5.41, 5.74) is 8.43. The van der Waals surface area contributed by atoms with Crippen molar-refractivity contribution in [2.45, 2.75) is 6.92 Å². The zero-order valence-electron chi connectivity index (χ0n) is 21.3. The molecule has 8 rings (SSSR count). The van der Waals surface area contributed by atoms with Crippen LogP contribution in [0, 0.1) is 6.92 Å². The van der Waals surface area contributed by atoms with Gasteiger partial charge in [0.2, 0.25) is 0 Å². The Morgan fingerprint density at radius 1 is 0.487 bits per heavy atom. The molecule has 0 saturated heterocycles. The topological polar surface area (TPSA) is 12.9 Å². The Morgan fingerprint density at radius 3 is 1.97 bits per heavy atom. The number of hydrogen-bond donors (Lipinski definition) is 0. The van der Waals surface area contributed by atoms with E-state index in [1.807, 2.05) is 28.9 Å². The van der Waals surface area contributed by atoms with Gasteiger partial charge in [0.05, 0.1) is 5.69 Å². The minimum Gasteiger partial charge on any atom is -0.256 e. The standard InChI is InChI=1S/C36H23NS2/c1-22-19-32(37-21-31(22)23-9-3-2-4-10-23)30-15-8-14-29-27-18-17-24(20-34(27)39-36(29)30)25-12-7-13-28-26-11-5-6-16-33(26)38-35(25)28/h2-21H,1H3. The average Bonchev–Trinajstić information content (AvgIpc) is 3.55. The molecule has 0 aliphatic heterocycles. The maximum absolute atomic E-state index is 4.93. The van der Waals surface area contributed by atoms with E-state index in [2.05, 4.69) is 122 Å². The van der Waals surface area contributed by atoms with Gasteiger partial charge in [-0.1, -0.05) is 97.1 Å². The first-order valence-corrected chi connectivity index (χ1v) is 14.8. The number of nitrogens with zero attached hydrogens (tertiary/aromatic N) is 1. The predicted octanol–water partition coefficient (Wildman–Crippen LogP) is 11.1. The van der Waals surface area contributed by atoms with Gasteiger partial charge in [0.25, 0.3) is 0 Å². The van der Waals surface area contributed by atoms with Gasteiger partial charge in [-0.2, -0.15) is 0 Å². The molecule has 3 heteroatoms. The fourth-order valence-electron chi connectivity index (χ4n) is 5.77. The van der Waals surface area contributed by atoms with Gasteiger partial charge in [-0.3, -0.25) is 4.98 Å². The summed E-state index contributed by atoms with van der Waals surface area (Å²) < 4.78 is 5.31. The Balaban J connectivity index is 1.27. The average molecular weight is 534 g/mol. The van der Waals surface area contributed by atoms with Crippen molar-refractivity contribution in [2.75, 3.05) is 0 Å². The molecule has 0 atom stereocenters. The van der Waals surface area contributed by atoms with Crippen LogP contribution in [0.15, 0.2) is 121 Å². The summed E-state index contributed by atoms with van der Waals surface area (Å²) in [6, 6.07) is 41.7. The quantitative estimate of drug-likeness (QED) is 0.220. The predicted molar refractivity (Wildman–Crippen MR) is 171 cm³/mol. The van der Waals surface area contributed by atoms with Gasteiger partial charge in [0, 0.05) is 57.7 Å². The van der Waals surface area contributed by atoms with E-state index < -0.39 is 0 Å². The second-order valence-corrected chi connectivity index (χ2v) is 12.1. The van der Waals surface area contributed by atoms with Gasteiger partial charge in [-0.15, -0.1) is 22.7 Å². The largest absolute Gasteiger partial charge is 0.256 e. The van der Waals surface area contributed by atoms with Crippen LogP contribution >= 0.6 is 22.7 Å². The lowest BCUT2D eigenvalue weighted by Crippen LogP contribution is -1.89. The highest BCUT2D eigenvalue weighted by atomic mass is 32.1. The highest BCUT2D eigenvalue weighted by Crippen LogP contribution is 2.44. The summed E-state index contributed by atoms with van der Waals surface area (Å²) in [7, 11) is 0. The van der Waals surface area contributed by atoms with E-state index in [0.717, 1.165) is 5.69 Å². The molecule has 0 aliphatic carbocycles. The summed E-state index contributed by atoms with van der Waals surface area (Å²) >= 11 is 3.76. The molecular formula is C36H23NS2. The van der Waals surface area contributed by atoms with Crippen molar-refractivity contribution < 1.29 is 0 Å². The SMILES string of the molecule is Cc1cc(-c2cccc3c2sc2cc(-c4cccc5c4sc4ccccc45)ccc23)ncc1-c1ccccc1. The fraction of sp³-hybridized carbons (Fsp3) is 0.0278. The zero-order chi connectivity index (χ0) is 25.9. The van der Waals surface area contributed by atoms with Crippen LogP contribution in [0.5, 0.6) is 0 Å². The van der Waals surface area contributed by atoms with Crippen LogP contribution < -0.4 is 0 Å². The first-order chi connectivity index (χ1) is 19.2. The lowest BCUT2D eigenvalue weighted by molar-refractivity contribution is 1.29. The first-order valence-electron chi connectivity index (χ1n) is 13.1. The van der Waals surface area contributed by atoms with Crippen LogP contribution in [0.25, 0.3) is 73.9 Å². The number of benzene rings is 5. The number of rotatable bonds is 3. The Bertz CT molecular complexity index is 2180. The van der Waals surface area contributed by atoms with Crippen molar-refractivity contribution in [3.63, 3.8) is 0 Å². The second-order valence-electron chi connectivity index (χ2n) is 10.0. The van der Waals surface area contributed by atoms with Crippen LogP contribution in [0.1, 0.15) is 5.56 Å². The van der Waals surface area contributed by atoms with Gasteiger partial charge in [-0.05, 0) is 47.4 Å². The molecule has 39 heavy (non-hydrogen) atoms. The van der Waals surface area contributed by atoms with Crippen LogP contribution in [0.3, 0.4) is 0 Å². The monoisotopic (exact) mass is 533 g/mol. The summed E-state index contributed by atoms with van der Waals surface area (Å²) in [4.78, 5) is 4.93. The van der Waals surface area contributed by atoms with E-state index in [-0.39, 0.29) is 0 Å². The zero-order valence-corrected chi connectivity index (χ0v) is 22.9. The number of aryl methyl sites for hydroxylation is 1. The molecule has 0 radical (unpaired) electrons. The minimum atomic E-state index is 1.03. The summed E-state index contributed by atoms with van der Waals surface area (Å²) in [5, 5.41) is 5.28. The van der Waals surface area contributed by atoms with Crippen molar-refractivity contribution in [2.24, 2.45) is 0 Å². The Kier molecular flexibility index (Phi) is 5.16. The summed E-state index contributed by atoms with van der Waals surface area (Å²) in [6.07, 6.45) is 2.02. The maximum atomic E-state index is 4.93. The van der Waals surface area contributed by atoms with Crippen LogP contribution in [0.2, 0.25) is 0 Å². The fourth-order valence-corrected chi connectivity index (χ4v) is 8.27. The normalized spacial score (nSPS) is 11.7. The number of aromatic nitrogens is 1. The number of hydrogen-bond acceptors (Lipinski definition) is 3. The van der Waals surface area contributed by atoms with Crippen LogP contribution in [-0.2, 0) is 0 Å². The van der Waals surface area contributed by atoms with Crippen molar-refractivity contribution in [1.29, 1.82) is 0 Å². The third-order valence-corrected chi connectivity index (χ3v) is 10.1. The highest BCUT2D eigenvalue weighted by molar-refractivity contribution is 7.27. The number of pyridine rings is 1. The van der Waals surface area contributed by atoms with E-state index in [9.17, 15) is 0 Å². The van der Waals surface area contributed by atoms with Crippen molar-refractivity contribution in [3.8, 4) is 33.5 Å². The molecule has 0 bridgehead atoms. The van der Waals surface area contributed by atoms with Crippen molar-refractivity contribution in [3.05, 3.63) is 127 Å². The molecule has 5 aromatic carbocycles. The molecule has 1 nitrogen and oxygen atoms in total. The lowest BCUT2D eigenvalue weighted by atomic mass is 9.99. The Morgan fingerprint density at radius 2 is 1.15 bits per heavy atom. The van der Waals surface area contributed by atoms with E-state index >= 15 is 0 Å². The molecule has 0 spiro atoms. The molecule has 0 aliphatic rings. The van der Waals surface area contributed by atoms with Crippen molar-refractivity contribution >= 4 is 63.0 Å². The molecule has 0 N–H and O–H groups in total. The van der Waals surface area contributed by atoms with Gasteiger partial charge in [0.15, 0.2) is 0 Å². The molecule has 184 valence electrons.